The Kier molecular flexibility index (Phi) is 8.03. The number of thiazole rings is 1. The van der Waals surface area contributed by atoms with E-state index in [1.165, 1.54) is 11.8 Å². The number of thioether (sulfide) groups is 1. The number of nitrogens with zero attached hydrogens (tertiary/aromatic N) is 2. The molecule has 0 aliphatic rings. The van der Waals surface area contributed by atoms with Crippen LogP contribution in [0, 0.1) is 0 Å². The number of aryl methyl sites for hydroxylation is 2. The average molecular weight is 555 g/mol. The van der Waals surface area contributed by atoms with Gasteiger partial charge in [0.15, 0.2) is 4.34 Å². The van der Waals surface area contributed by atoms with Gasteiger partial charge in [0, 0.05) is 21.9 Å². The second-order valence-corrected chi connectivity index (χ2v) is 10.8. The van der Waals surface area contributed by atoms with Gasteiger partial charge in [-0.05, 0) is 60.4 Å². The van der Waals surface area contributed by atoms with Crippen molar-refractivity contribution >= 4 is 72.7 Å². The molecule has 0 aliphatic heterocycles. The second-order valence-electron chi connectivity index (χ2n) is 7.59. The molecule has 1 aromatic heterocycles. The Morgan fingerprint density at radius 3 is 2.65 bits per heavy atom. The van der Waals surface area contributed by atoms with Crippen molar-refractivity contribution < 1.29 is 9.90 Å². The van der Waals surface area contributed by atoms with E-state index in [0.717, 1.165) is 54.4 Å². The van der Waals surface area contributed by atoms with Crippen molar-refractivity contribution in [2.75, 3.05) is 11.1 Å². The normalized spacial score (nSPS) is 11.4. The molecule has 174 valence electrons. The number of aliphatic imine (C=N–C) groups is 1. The Labute approximate surface area is 215 Å². The number of carbonyl (C=O) groups excluding carboxylic acids is 1. The molecule has 5 nitrogen and oxygen atoms in total. The largest absolute Gasteiger partial charge is 0.507 e. The van der Waals surface area contributed by atoms with Gasteiger partial charge in [0.1, 0.15) is 5.75 Å². The summed E-state index contributed by atoms with van der Waals surface area (Å²) in [7, 11) is 0. The highest BCUT2D eigenvalue weighted by Gasteiger charge is 2.12. The van der Waals surface area contributed by atoms with Crippen LogP contribution in [0.3, 0.4) is 0 Å². The van der Waals surface area contributed by atoms with Crippen molar-refractivity contribution in [3.05, 3.63) is 75.8 Å². The van der Waals surface area contributed by atoms with E-state index < -0.39 is 0 Å². The maximum absolute atomic E-state index is 12.7. The molecule has 4 rings (SSSR count). The fourth-order valence-corrected chi connectivity index (χ4v) is 5.79. The van der Waals surface area contributed by atoms with E-state index >= 15 is 0 Å². The smallest absolute Gasteiger partial charge is 0.234 e. The Morgan fingerprint density at radius 1 is 1.15 bits per heavy atom. The number of hydrogen-bond acceptors (Lipinski definition) is 6. The zero-order valence-electron chi connectivity index (χ0n) is 18.8. The summed E-state index contributed by atoms with van der Waals surface area (Å²) in [5.41, 5.74) is 5.54. The van der Waals surface area contributed by atoms with E-state index in [1.807, 2.05) is 30.3 Å². The number of phenolic OH excluding ortho intramolecular Hbond substituents is 1. The van der Waals surface area contributed by atoms with Gasteiger partial charge < -0.3 is 10.4 Å². The summed E-state index contributed by atoms with van der Waals surface area (Å²) in [6, 6.07) is 17.2. The minimum atomic E-state index is -0.0287. The third-order valence-electron chi connectivity index (χ3n) is 5.28. The lowest BCUT2D eigenvalue weighted by Crippen LogP contribution is -2.16. The molecule has 0 saturated heterocycles. The van der Waals surface area contributed by atoms with Gasteiger partial charge in [-0.25, -0.2) is 4.98 Å². The van der Waals surface area contributed by atoms with Crippen molar-refractivity contribution in [3.8, 4) is 5.75 Å². The molecule has 0 bridgehead atoms. The molecule has 0 fully saturated rings. The summed E-state index contributed by atoms with van der Waals surface area (Å²) in [4.78, 5) is 21.8. The number of rotatable bonds is 8. The Hall–Kier alpha value is -2.68. The maximum atomic E-state index is 12.7. The first-order valence-corrected chi connectivity index (χ1v) is 13.5. The standard InChI is InChI=1S/C26H24BrN3O2S2/c1-3-16-6-5-7-17(4-2)25(16)30-24(32)15-33-26-29-21-10-9-20(13-23(21)34-26)28-14-18-12-19(27)8-11-22(18)31/h5-14,31H,3-4,15H2,1-2H3,(H,30,32). The van der Waals surface area contributed by atoms with Gasteiger partial charge in [-0.15, -0.1) is 11.3 Å². The summed E-state index contributed by atoms with van der Waals surface area (Å²) in [5, 5.41) is 13.1. The topological polar surface area (TPSA) is 74.6 Å². The molecule has 0 aliphatic carbocycles. The van der Waals surface area contributed by atoms with Crippen LogP contribution in [0.5, 0.6) is 5.75 Å². The van der Waals surface area contributed by atoms with E-state index in [4.69, 9.17) is 0 Å². The van der Waals surface area contributed by atoms with Crippen LogP contribution in [0.25, 0.3) is 10.2 Å². The first-order valence-electron chi connectivity index (χ1n) is 10.9. The van der Waals surface area contributed by atoms with E-state index in [-0.39, 0.29) is 11.7 Å². The molecule has 0 radical (unpaired) electrons. The number of anilines is 1. The van der Waals surface area contributed by atoms with Gasteiger partial charge in [0.05, 0.1) is 21.7 Å². The second kappa shape index (κ2) is 11.2. The van der Waals surface area contributed by atoms with Crippen LogP contribution in [0.1, 0.15) is 30.5 Å². The van der Waals surface area contributed by atoms with Crippen LogP contribution >= 0.6 is 39.0 Å². The number of aromatic nitrogens is 1. The lowest BCUT2D eigenvalue weighted by Gasteiger charge is -2.14. The van der Waals surface area contributed by atoms with Gasteiger partial charge in [-0.2, -0.15) is 0 Å². The lowest BCUT2D eigenvalue weighted by atomic mass is 10.0. The number of benzene rings is 3. The third-order valence-corrected chi connectivity index (χ3v) is 7.94. The summed E-state index contributed by atoms with van der Waals surface area (Å²) in [5.74, 6) is 0.447. The summed E-state index contributed by atoms with van der Waals surface area (Å²) in [6.45, 7) is 4.19. The minimum Gasteiger partial charge on any atom is -0.507 e. The van der Waals surface area contributed by atoms with E-state index in [9.17, 15) is 9.90 Å². The number of carbonyl (C=O) groups is 1. The van der Waals surface area contributed by atoms with Crippen LogP contribution in [0.15, 0.2) is 68.4 Å². The molecule has 0 unspecified atom stereocenters. The van der Waals surface area contributed by atoms with Crippen LogP contribution in [-0.2, 0) is 17.6 Å². The molecule has 0 saturated carbocycles. The van der Waals surface area contributed by atoms with E-state index in [1.54, 1.807) is 29.7 Å². The van der Waals surface area contributed by atoms with Gasteiger partial charge in [-0.1, -0.05) is 59.7 Å². The number of fused-ring (bicyclic) bond motifs is 1. The lowest BCUT2D eigenvalue weighted by molar-refractivity contribution is -0.113. The van der Waals surface area contributed by atoms with Crippen LogP contribution in [0.2, 0.25) is 0 Å². The average Bonchev–Trinajstić information content (AvgIpc) is 3.25. The van der Waals surface area contributed by atoms with Gasteiger partial charge in [0.2, 0.25) is 5.91 Å². The Morgan fingerprint density at radius 2 is 1.91 bits per heavy atom. The van der Waals surface area contributed by atoms with Crippen LogP contribution in [0.4, 0.5) is 11.4 Å². The Bertz CT molecular complexity index is 1350. The van der Waals surface area contributed by atoms with Crippen molar-refractivity contribution in [1.29, 1.82) is 0 Å². The van der Waals surface area contributed by atoms with Crippen molar-refractivity contribution in [3.63, 3.8) is 0 Å². The molecular formula is C26H24BrN3O2S2. The predicted octanol–water partition coefficient (Wildman–Crippen LogP) is 7.37. The highest BCUT2D eigenvalue weighted by atomic mass is 79.9. The van der Waals surface area contributed by atoms with E-state index in [0.29, 0.717) is 11.3 Å². The number of amides is 1. The van der Waals surface area contributed by atoms with Crippen LogP contribution in [-0.4, -0.2) is 28.0 Å². The van der Waals surface area contributed by atoms with Gasteiger partial charge in [0.25, 0.3) is 0 Å². The zero-order valence-corrected chi connectivity index (χ0v) is 22.1. The quantitative estimate of drug-likeness (QED) is 0.176. The fraction of sp³-hybridized carbons (Fsp3) is 0.192. The molecule has 1 heterocycles. The number of para-hydroxylation sites is 1. The molecule has 0 atom stereocenters. The van der Waals surface area contributed by atoms with E-state index in [2.05, 4.69) is 57.2 Å². The third kappa shape index (κ3) is 5.87. The monoisotopic (exact) mass is 553 g/mol. The van der Waals surface area contributed by atoms with Gasteiger partial charge in [-0.3, -0.25) is 9.79 Å². The maximum Gasteiger partial charge on any atom is 0.234 e. The molecule has 34 heavy (non-hydrogen) atoms. The van der Waals surface area contributed by atoms with Crippen molar-refractivity contribution in [2.24, 2.45) is 4.99 Å². The molecule has 0 spiro atoms. The highest BCUT2D eigenvalue weighted by Crippen LogP contribution is 2.32. The first-order chi connectivity index (χ1) is 16.5. The molecular weight excluding hydrogens is 530 g/mol. The SMILES string of the molecule is CCc1cccc(CC)c1NC(=O)CSc1nc2ccc(N=Cc3cc(Br)ccc3O)cc2s1. The molecule has 2 N–H and O–H groups in total. The number of phenols is 1. The summed E-state index contributed by atoms with van der Waals surface area (Å²) in [6.07, 6.45) is 3.39. The van der Waals surface area contributed by atoms with Crippen molar-refractivity contribution in [1.82, 2.24) is 4.98 Å². The summed E-state index contributed by atoms with van der Waals surface area (Å²) >= 11 is 6.39. The number of nitrogens with one attached hydrogen (secondary N) is 1. The predicted molar refractivity (Wildman–Crippen MR) is 147 cm³/mol. The molecule has 3 aromatic carbocycles. The summed E-state index contributed by atoms with van der Waals surface area (Å²) < 4.78 is 2.72. The number of hydrogen-bond donors (Lipinski definition) is 2. The molecule has 8 heteroatoms. The zero-order chi connectivity index (χ0) is 24.1. The molecule has 4 aromatic rings. The highest BCUT2D eigenvalue weighted by molar-refractivity contribution is 9.10. The first kappa shape index (κ1) is 24.4. The van der Waals surface area contributed by atoms with Crippen LogP contribution < -0.4 is 5.32 Å². The number of aromatic hydroxyl groups is 1. The minimum absolute atomic E-state index is 0.0287. The van der Waals surface area contributed by atoms with Crippen molar-refractivity contribution in [2.45, 2.75) is 31.0 Å². The number of halogens is 1. The fourth-order valence-electron chi connectivity index (χ4n) is 3.51. The molecule has 1 amide bonds. The van der Waals surface area contributed by atoms with Gasteiger partial charge >= 0.3 is 0 Å². The Balaban J connectivity index is 1.43.